The Bertz CT molecular complexity index is 191. The molecule has 0 heterocycles. The summed E-state index contributed by atoms with van der Waals surface area (Å²) in [7, 11) is 0. The monoisotopic (exact) mass is 197 g/mol. The van der Waals surface area contributed by atoms with E-state index in [-0.39, 0.29) is 5.92 Å². The standard InChI is InChI=1S/C12H23NO/c1-3-12(14)11-7-10(8-13)6-4-5-9(11)2/h9-11H,3-8,13H2,1-2H3. The molecular weight excluding hydrogens is 174 g/mol. The van der Waals surface area contributed by atoms with Gasteiger partial charge in [-0.25, -0.2) is 0 Å². The van der Waals surface area contributed by atoms with Crippen LogP contribution < -0.4 is 5.73 Å². The molecule has 0 bridgehead atoms. The molecule has 0 aromatic rings. The van der Waals surface area contributed by atoms with Crippen molar-refractivity contribution >= 4 is 5.78 Å². The van der Waals surface area contributed by atoms with E-state index in [2.05, 4.69) is 6.92 Å². The second kappa shape index (κ2) is 5.50. The van der Waals surface area contributed by atoms with Gasteiger partial charge in [-0.2, -0.15) is 0 Å². The second-order valence-electron chi connectivity index (χ2n) is 4.67. The SMILES string of the molecule is CCC(=O)C1CC(CN)CCCC1C. The van der Waals surface area contributed by atoms with Gasteiger partial charge in [-0.15, -0.1) is 0 Å². The van der Waals surface area contributed by atoms with Crippen LogP contribution >= 0.6 is 0 Å². The zero-order valence-corrected chi connectivity index (χ0v) is 9.46. The van der Waals surface area contributed by atoms with Crippen molar-refractivity contribution in [2.75, 3.05) is 6.54 Å². The van der Waals surface area contributed by atoms with Crippen LogP contribution in [0.5, 0.6) is 0 Å². The van der Waals surface area contributed by atoms with E-state index in [1.54, 1.807) is 0 Å². The molecule has 0 saturated heterocycles. The fourth-order valence-electron chi connectivity index (χ4n) is 2.56. The molecule has 0 amide bonds. The van der Waals surface area contributed by atoms with Gasteiger partial charge in [-0.05, 0) is 31.2 Å². The molecule has 14 heavy (non-hydrogen) atoms. The maximum atomic E-state index is 11.8. The van der Waals surface area contributed by atoms with Crippen molar-refractivity contribution in [3.05, 3.63) is 0 Å². The zero-order chi connectivity index (χ0) is 10.6. The first-order valence-corrected chi connectivity index (χ1v) is 5.91. The normalized spacial score (nSPS) is 33.8. The van der Waals surface area contributed by atoms with Crippen molar-refractivity contribution in [2.24, 2.45) is 23.5 Å². The molecule has 1 fully saturated rings. The van der Waals surface area contributed by atoms with Crippen molar-refractivity contribution in [1.29, 1.82) is 0 Å². The van der Waals surface area contributed by atoms with Crippen LogP contribution in [0.1, 0.15) is 46.0 Å². The number of hydrogen-bond donors (Lipinski definition) is 1. The van der Waals surface area contributed by atoms with E-state index >= 15 is 0 Å². The third-order valence-electron chi connectivity index (χ3n) is 3.64. The van der Waals surface area contributed by atoms with Crippen LogP contribution in [0.15, 0.2) is 0 Å². The average Bonchev–Trinajstić information content (AvgIpc) is 2.39. The minimum atomic E-state index is 0.288. The van der Waals surface area contributed by atoms with Crippen molar-refractivity contribution in [3.8, 4) is 0 Å². The van der Waals surface area contributed by atoms with Gasteiger partial charge in [0.2, 0.25) is 0 Å². The molecule has 0 radical (unpaired) electrons. The van der Waals surface area contributed by atoms with E-state index in [1.165, 1.54) is 19.3 Å². The van der Waals surface area contributed by atoms with Crippen molar-refractivity contribution < 1.29 is 4.79 Å². The van der Waals surface area contributed by atoms with Gasteiger partial charge in [0.15, 0.2) is 0 Å². The van der Waals surface area contributed by atoms with Gasteiger partial charge in [0.1, 0.15) is 5.78 Å². The third kappa shape index (κ3) is 2.81. The van der Waals surface area contributed by atoms with Gasteiger partial charge in [0.05, 0.1) is 0 Å². The lowest BCUT2D eigenvalue weighted by Gasteiger charge is -2.21. The molecule has 2 N–H and O–H groups in total. The highest BCUT2D eigenvalue weighted by Crippen LogP contribution is 2.32. The number of hydrogen-bond acceptors (Lipinski definition) is 2. The van der Waals surface area contributed by atoms with E-state index in [0.717, 1.165) is 13.0 Å². The van der Waals surface area contributed by atoms with Crippen LogP contribution in [0.25, 0.3) is 0 Å². The largest absolute Gasteiger partial charge is 0.330 e. The predicted molar refractivity (Wildman–Crippen MR) is 59.0 cm³/mol. The van der Waals surface area contributed by atoms with E-state index in [4.69, 9.17) is 5.73 Å². The Hall–Kier alpha value is -0.370. The Kier molecular flexibility index (Phi) is 4.59. The van der Waals surface area contributed by atoms with Gasteiger partial charge in [-0.3, -0.25) is 4.79 Å². The number of carbonyl (C=O) groups excluding carboxylic acids is 1. The topological polar surface area (TPSA) is 43.1 Å². The summed E-state index contributed by atoms with van der Waals surface area (Å²) in [5, 5.41) is 0. The highest BCUT2D eigenvalue weighted by atomic mass is 16.1. The summed E-state index contributed by atoms with van der Waals surface area (Å²) in [6.45, 7) is 4.94. The Morgan fingerprint density at radius 2 is 2.14 bits per heavy atom. The second-order valence-corrected chi connectivity index (χ2v) is 4.67. The molecule has 1 aliphatic carbocycles. The maximum absolute atomic E-state index is 11.8. The Labute approximate surface area is 87.2 Å². The third-order valence-corrected chi connectivity index (χ3v) is 3.64. The summed E-state index contributed by atoms with van der Waals surface area (Å²) in [6, 6.07) is 0. The molecule has 0 spiro atoms. The van der Waals surface area contributed by atoms with Crippen molar-refractivity contribution in [2.45, 2.75) is 46.0 Å². The van der Waals surface area contributed by atoms with Gasteiger partial charge >= 0.3 is 0 Å². The van der Waals surface area contributed by atoms with Gasteiger partial charge in [0, 0.05) is 12.3 Å². The Morgan fingerprint density at radius 1 is 1.43 bits per heavy atom. The van der Waals surface area contributed by atoms with Gasteiger partial charge in [0.25, 0.3) is 0 Å². The number of Topliss-reactive ketones (excluding diaryl/α,β-unsaturated/α-hetero) is 1. The molecule has 1 saturated carbocycles. The van der Waals surface area contributed by atoms with Gasteiger partial charge in [-0.1, -0.05) is 26.7 Å². The fraction of sp³-hybridized carbons (Fsp3) is 0.917. The average molecular weight is 197 g/mol. The smallest absolute Gasteiger partial charge is 0.135 e. The summed E-state index contributed by atoms with van der Waals surface area (Å²) in [4.78, 5) is 11.8. The molecule has 82 valence electrons. The molecule has 1 aliphatic rings. The molecule has 0 aromatic heterocycles. The first-order chi connectivity index (χ1) is 6.69. The number of rotatable bonds is 3. The van der Waals surface area contributed by atoms with Crippen LogP contribution in [-0.2, 0) is 4.79 Å². The van der Waals surface area contributed by atoms with E-state index in [9.17, 15) is 4.79 Å². The number of nitrogens with two attached hydrogens (primary N) is 1. The first kappa shape index (κ1) is 11.7. The summed E-state index contributed by atoms with van der Waals surface area (Å²) >= 11 is 0. The Balaban J connectivity index is 2.63. The Morgan fingerprint density at radius 3 is 2.71 bits per heavy atom. The van der Waals surface area contributed by atoms with Crippen molar-refractivity contribution in [3.63, 3.8) is 0 Å². The van der Waals surface area contributed by atoms with E-state index in [1.807, 2.05) is 6.92 Å². The summed E-state index contributed by atoms with van der Waals surface area (Å²) in [6.07, 6.45) is 5.38. The highest BCUT2D eigenvalue weighted by Gasteiger charge is 2.28. The van der Waals surface area contributed by atoms with Crippen molar-refractivity contribution in [1.82, 2.24) is 0 Å². The molecule has 0 aromatic carbocycles. The lowest BCUT2D eigenvalue weighted by molar-refractivity contribution is -0.124. The summed E-state index contributed by atoms with van der Waals surface area (Å²) in [5.41, 5.74) is 5.71. The van der Waals surface area contributed by atoms with Crippen LogP contribution in [0.2, 0.25) is 0 Å². The van der Waals surface area contributed by atoms with Gasteiger partial charge < -0.3 is 5.73 Å². The predicted octanol–water partition coefficient (Wildman–Crippen LogP) is 2.37. The van der Waals surface area contributed by atoms with E-state index in [0.29, 0.717) is 24.0 Å². The molecule has 2 heteroatoms. The summed E-state index contributed by atoms with van der Waals surface area (Å²) in [5.74, 6) is 1.88. The molecule has 3 atom stereocenters. The number of carbonyl (C=O) groups is 1. The quantitative estimate of drug-likeness (QED) is 0.706. The number of ketones is 1. The fourth-order valence-corrected chi connectivity index (χ4v) is 2.56. The minimum Gasteiger partial charge on any atom is -0.330 e. The van der Waals surface area contributed by atoms with Crippen LogP contribution in [0.3, 0.4) is 0 Å². The lowest BCUT2D eigenvalue weighted by atomic mass is 9.83. The molecule has 0 aliphatic heterocycles. The molecule has 2 nitrogen and oxygen atoms in total. The maximum Gasteiger partial charge on any atom is 0.135 e. The first-order valence-electron chi connectivity index (χ1n) is 5.91. The minimum absolute atomic E-state index is 0.288. The molecule has 1 rings (SSSR count). The van der Waals surface area contributed by atoms with Crippen LogP contribution in [0.4, 0.5) is 0 Å². The summed E-state index contributed by atoms with van der Waals surface area (Å²) < 4.78 is 0. The van der Waals surface area contributed by atoms with E-state index < -0.39 is 0 Å². The highest BCUT2D eigenvalue weighted by molar-refractivity contribution is 5.80. The van der Waals surface area contributed by atoms with Crippen LogP contribution in [0, 0.1) is 17.8 Å². The molecule has 3 unspecified atom stereocenters. The molecular formula is C12H23NO. The zero-order valence-electron chi connectivity index (χ0n) is 9.46. The lowest BCUT2D eigenvalue weighted by Crippen LogP contribution is -2.24. The van der Waals surface area contributed by atoms with Crippen LogP contribution in [-0.4, -0.2) is 12.3 Å².